The molecule has 0 radical (unpaired) electrons. The Kier molecular flexibility index (Phi) is 52.1. The van der Waals surface area contributed by atoms with E-state index in [4.69, 9.17) is 10.2 Å². The van der Waals surface area contributed by atoms with Crippen LogP contribution in [0.15, 0.2) is 24.3 Å². The van der Waals surface area contributed by atoms with Gasteiger partial charge in [0, 0.05) is 12.2 Å². The molecule has 60 heavy (non-hydrogen) atoms. The van der Waals surface area contributed by atoms with Crippen LogP contribution >= 0.6 is 0 Å². The van der Waals surface area contributed by atoms with Crippen molar-refractivity contribution in [3.05, 3.63) is 24.3 Å². The van der Waals surface area contributed by atoms with Gasteiger partial charge in [-0.3, -0.25) is 0 Å². The van der Waals surface area contributed by atoms with E-state index in [1.807, 2.05) is 0 Å². The van der Waals surface area contributed by atoms with Crippen molar-refractivity contribution in [1.29, 1.82) is 0 Å². The molecule has 4 heteroatoms. The Morgan fingerprint density at radius 1 is 0.200 bits per heavy atom. The summed E-state index contributed by atoms with van der Waals surface area (Å²) in [6, 6.07) is 0. The first-order valence-corrected chi connectivity index (χ1v) is 27.4. The second-order valence-corrected chi connectivity index (χ2v) is 19.0. The largest absolute Gasteiger partial charge is 0.478 e. The summed E-state index contributed by atoms with van der Waals surface area (Å²) < 4.78 is 0. The lowest BCUT2D eigenvalue weighted by Crippen LogP contribution is -1.86. The molecular weight excluding hydrogens is 737 g/mol. The van der Waals surface area contributed by atoms with Crippen molar-refractivity contribution in [2.24, 2.45) is 0 Å². The van der Waals surface area contributed by atoms with Crippen molar-refractivity contribution in [2.75, 3.05) is 0 Å². The molecule has 0 aliphatic rings. The molecule has 0 aliphatic carbocycles. The van der Waals surface area contributed by atoms with Crippen LogP contribution in [-0.2, 0) is 9.59 Å². The van der Waals surface area contributed by atoms with E-state index in [0.717, 1.165) is 25.7 Å². The van der Waals surface area contributed by atoms with E-state index >= 15 is 0 Å². The maximum absolute atomic E-state index is 10.4. The Morgan fingerprint density at radius 3 is 0.400 bits per heavy atom. The van der Waals surface area contributed by atoms with E-state index in [1.54, 1.807) is 12.2 Å². The van der Waals surface area contributed by atoms with Crippen LogP contribution in [-0.4, -0.2) is 22.2 Å². The zero-order valence-electron chi connectivity index (χ0n) is 40.4. The summed E-state index contributed by atoms with van der Waals surface area (Å²) in [5.41, 5.74) is 0. The Labute approximate surface area is 375 Å². The number of carbonyl (C=O) groups is 2. The number of hydrogen-bond acceptors (Lipinski definition) is 2. The van der Waals surface area contributed by atoms with Crippen LogP contribution < -0.4 is 0 Å². The zero-order valence-corrected chi connectivity index (χ0v) is 40.4. The van der Waals surface area contributed by atoms with Gasteiger partial charge in [0.15, 0.2) is 0 Å². The lowest BCUT2D eigenvalue weighted by atomic mass is 10.0. The number of rotatable bonds is 53. The number of hydrogen-bond donors (Lipinski definition) is 2. The Morgan fingerprint density at radius 2 is 0.300 bits per heavy atom. The minimum atomic E-state index is -0.829. The van der Waals surface area contributed by atoms with Crippen molar-refractivity contribution in [3.8, 4) is 0 Å². The average molecular weight is 843 g/mol. The van der Waals surface area contributed by atoms with Crippen molar-refractivity contribution in [3.63, 3.8) is 0 Å². The molecule has 0 aromatic rings. The molecule has 2 N–H and O–H groups in total. The fourth-order valence-electron chi connectivity index (χ4n) is 9.02. The highest BCUT2D eigenvalue weighted by molar-refractivity contribution is 5.79. The molecule has 0 saturated carbocycles. The average Bonchev–Trinajstić information content (AvgIpc) is 3.23. The van der Waals surface area contributed by atoms with Gasteiger partial charge in [-0.15, -0.1) is 0 Å². The zero-order chi connectivity index (χ0) is 43.3. The van der Waals surface area contributed by atoms with Crippen molar-refractivity contribution < 1.29 is 19.8 Å². The van der Waals surface area contributed by atoms with Gasteiger partial charge in [0.25, 0.3) is 0 Å². The van der Waals surface area contributed by atoms with Crippen LogP contribution in [0.1, 0.15) is 321 Å². The first-order valence-electron chi connectivity index (χ1n) is 27.4. The highest BCUT2D eigenvalue weighted by atomic mass is 16.4. The Bertz CT molecular complexity index is 822. The van der Waals surface area contributed by atoms with Crippen LogP contribution in [0, 0.1) is 0 Å². The molecule has 354 valence electrons. The number of unbranched alkanes of at least 4 members (excludes halogenated alkanes) is 49. The molecule has 0 fully saturated rings. The number of allylic oxidation sites excluding steroid dienone is 2. The van der Waals surface area contributed by atoms with Gasteiger partial charge >= 0.3 is 11.9 Å². The first-order chi connectivity index (χ1) is 29.6. The molecule has 0 aliphatic heterocycles. The maximum atomic E-state index is 10.4. The molecule has 0 amide bonds. The molecule has 0 bridgehead atoms. The summed E-state index contributed by atoms with van der Waals surface area (Å²) in [6.45, 7) is 0. The highest BCUT2D eigenvalue weighted by Gasteiger charge is 1.99. The Balaban J connectivity index is 3.08. The number of aliphatic carboxylic acids is 2. The van der Waals surface area contributed by atoms with Gasteiger partial charge in [-0.25, -0.2) is 9.59 Å². The predicted octanol–water partition coefficient (Wildman–Crippen LogP) is 19.8. The monoisotopic (exact) mass is 843 g/mol. The normalized spacial score (nSPS) is 11.8. The molecule has 0 atom stereocenters. The van der Waals surface area contributed by atoms with Gasteiger partial charge in [0.05, 0.1) is 0 Å². The standard InChI is InChI=1S/C56H106O4/c57-55(58)53-51-49-47-45-43-41-39-37-35-33-31-29-27-25-23-21-19-17-15-13-11-9-7-5-3-1-2-4-6-8-10-12-14-16-18-20-22-24-26-28-30-32-34-36-38-40-42-44-46-48-50-52-54-56(59)60/h51-54H,1-50H2,(H,57,58)(H,59,60). The van der Waals surface area contributed by atoms with E-state index in [1.165, 1.54) is 308 Å². The highest BCUT2D eigenvalue weighted by Crippen LogP contribution is 2.19. The third-order valence-corrected chi connectivity index (χ3v) is 13.0. The van der Waals surface area contributed by atoms with E-state index < -0.39 is 11.9 Å². The third kappa shape index (κ3) is 56.4. The molecule has 0 aromatic carbocycles. The predicted molar refractivity (Wildman–Crippen MR) is 264 cm³/mol. The molecular formula is C56H106O4. The lowest BCUT2D eigenvalue weighted by Gasteiger charge is -2.05. The van der Waals surface area contributed by atoms with Crippen molar-refractivity contribution in [2.45, 2.75) is 321 Å². The summed E-state index contributed by atoms with van der Waals surface area (Å²) in [7, 11) is 0. The van der Waals surface area contributed by atoms with E-state index in [-0.39, 0.29) is 0 Å². The quantitative estimate of drug-likeness (QED) is 0.0472. The maximum Gasteiger partial charge on any atom is 0.327 e. The van der Waals surface area contributed by atoms with Gasteiger partial charge < -0.3 is 10.2 Å². The van der Waals surface area contributed by atoms with Gasteiger partial charge in [-0.1, -0.05) is 308 Å². The van der Waals surface area contributed by atoms with E-state index in [9.17, 15) is 9.59 Å². The first kappa shape index (κ1) is 58.4. The summed E-state index contributed by atoms with van der Waals surface area (Å²) >= 11 is 0. The Hall–Kier alpha value is -1.58. The second-order valence-electron chi connectivity index (χ2n) is 19.0. The van der Waals surface area contributed by atoms with Crippen LogP contribution in [0.5, 0.6) is 0 Å². The number of carboxylic acid groups (broad SMARTS) is 2. The molecule has 4 nitrogen and oxygen atoms in total. The molecule has 0 aromatic heterocycles. The van der Waals surface area contributed by atoms with Gasteiger partial charge in [-0.05, 0) is 25.7 Å². The van der Waals surface area contributed by atoms with Crippen molar-refractivity contribution in [1.82, 2.24) is 0 Å². The van der Waals surface area contributed by atoms with Crippen LogP contribution in [0.2, 0.25) is 0 Å². The summed E-state index contributed by atoms with van der Waals surface area (Å²) in [5.74, 6) is -1.66. The summed E-state index contributed by atoms with van der Waals surface area (Å²) in [4.78, 5) is 20.9. The lowest BCUT2D eigenvalue weighted by molar-refractivity contribution is -0.132. The minimum absolute atomic E-state index is 0.829. The van der Waals surface area contributed by atoms with Crippen LogP contribution in [0.25, 0.3) is 0 Å². The molecule has 0 heterocycles. The number of carboxylic acids is 2. The second kappa shape index (κ2) is 53.6. The van der Waals surface area contributed by atoms with Gasteiger partial charge in [0.1, 0.15) is 0 Å². The van der Waals surface area contributed by atoms with Crippen molar-refractivity contribution >= 4 is 11.9 Å². The smallest absolute Gasteiger partial charge is 0.327 e. The van der Waals surface area contributed by atoms with Gasteiger partial charge in [0.2, 0.25) is 0 Å². The van der Waals surface area contributed by atoms with E-state index in [2.05, 4.69) is 0 Å². The van der Waals surface area contributed by atoms with Gasteiger partial charge in [-0.2, -0.15) is 0 Å². The third-order valence-electron chi connectivity index (χ3n) is 13.0. The van der Waals surface area contributed by atoms with Crippen LogP contribution in [0.4, 0.5) is 0 Å². The summed E-state index contributed by atoms with van der Waals surface area (Å²) in [6.07, 6.45) is 76.0. The molecule has 0 spiro atoms. The summed E-state index contributed by atoms with van der Waals surface area (Å²) in [5, 5.41) is 17.2. The fourth-order valence-corrected chi connectivity index (χ4v) is 9.02. The molecule has 0 saturated heterocycles. The topological polar surface area (TPSA) is 74.6 Å². The van der Waals surface area contributed by atoms with Crippen LogP contribution in [0.3, 0.4) is 0 Å². The fraction of sp³-hybridized carbons (Fsp3) is 0.893. The van der Waals surface area contributed by atoms with E-state index in [0.29, 0.717) is 0 Å². The molecule has 0 unspecified atom stereocenters. The molecule has 0 rings (SSSR count). The minimum Gasteiger partial charge on any atom is -0.478 e. The SMILES string of the molecule is O=C(O)C=CCCCCCCCCCCCCCCCCCCCCCCCCCCCCCCCCCCCCCCCCCCCCCCCCCCC=CC(=O)O.